The SMILES string of the molecule is Cc1ccc(-c2nc3cc(C)c(Br)cn3c2C(=O)O)cc1. The molecule has 0 bridgehead atoms. The number of fused-ring (bicyclic) bond motifs is 1. The first-order chi connectivity index (χ1) is 9.97. The molecule has 3 aromatic rings. The number of carbonyl (C=O) groups is 1. The number of nitrogens with zero attached hydrogens (tertiary/aromatic N) is 2. The summed E-state index contributed by atoms with van der Waals surface area (Å²) in [6.45, 7) is 3.94. The predicted octanol–water partition coefficient (Wildman–Crippen LogP) is 4.08. The van der Waals surface area contributed by atoms with Crippen molar-refractivity contribution >= 4 is 27.5 Å². The quantitative estimate of drug-likeness (QED) is 0.761. The van der Waals surface area contributed by atoms with Crippen LogP contribution in [-0.4, -0.2) is 20.5 Å². The van der Waals surface area contributed by atoms with Crippen LogP contribution in [0.1, 0.15) is 21.6 Å². The molecule has 1 aromatic carbocycles. The smallest absolute Gasteiger partial charge is 0.355 e. The van der Waals surface area contributed by atoms with Gasteiger partial charge in [0.1, 0.15) is 11.3 Å². The zero-order chi connectivity index (χ0) is 15.1. The molecule has 2 heterocycles. The number of aryl methyl sites for hydroxylation is 2. The number of rotatable bonds is 2. The van der Waals surface area contributed by atoms with Gasteiger partial charge in [0.05, 0.1) is 0 Å². The minimum absolute atomic E-state index is 0.176. The average molecular weight is 345 g/mol. The molecule has 1 N–H and O–H groups in total. The molecule has 4 nitrogen and oxygen atoms in total. The molecule has 0 aliphatic carbocycles. The zero-order valence-electron chi connectivity index (χ0n) is 11.6. The number of aromatic carboxylic acids is 1. The second kappa shape index (κ2) is 5.00. The molecule has 0 aliphatic heterocycles. The van der Waals surface area contributed by atoms with E-state index in [0.717, 1.165) is 21.2 Å². The summed E-state index contributed by atoms with van der Waals surface area (Å²) in [5, 5.41) is 9.55. The van der Waals surface area contributed by atoms with Crippen LogP contribution in [0, 0.1) is 13.8 Å². The van der Waals surface area contributed by atoms with E-state index in [1.54, 1.807) is 10.6 Å². The standard InChI is InChI=1S/C16H13BrN2O2/c1-9-3-5-11(6-4-9)14-15(16(20)21)19-8-12(17)10(2)7-13(19)18-14/h3-8H,1-2H3,(H,20,21). The van der Waals surface area contributed by atoms with Crippen LogP contribution in [0.2, 0.25) is 0 Å². The van der Waals surface area contributed by atoms with E-state index in [-0.39, 0.29) is 5.69 Å². The number of pyridine rings is 1. The highest BCUT2D eigenvalue weighted by Gasteiger charge is 2.20. The molecule has 0 amide bonds. The lowest BCUT2D eigenvalue weighted by Gasteiger charge is -2.02. The molecule has 21 heavy (non-hydrogen) atoms. The maximum atomic E-state index is 11.7. The van der Waals surface area contributed by atoms with Crippen LogP contribution in [0.25, 0.3) is 16.9 Å². The summed E-state index contributed by atoms with van der Waals surface area (Å²) >= 11 is 3.43. The molecule has 2 aromatic heterocycles. The molecule has 106 valence electrons. The Morgan fingerprint density at radius 3 is 2.52 bits per heavy atom. The molecule has 0 radical (unpaired) electrons. The highest BCUT2D eigenvalue weighted by molar-refractivity contribution is 9.10. The number of aromatic nitrogens is 2. The Balaban J connectivity index is 2.34. The van der Waals surface area contributed by atoms with Gasteiger partial charge in [0, 0.05) is 16.2 Å². The lowest BCUT2D eigenvalue weighted by atomic mass is 10.1. The molecule has 0 unspecified atom stereocenters. The summed E-state index contributed by atoms with van der Waals surface area (Å²) in [6, 6.07) is 9.56. The van der Waals surface area contributed by atoms with Gasteiger partial charge in [-0.2, -0.15) is 0 Å². The first kappa shape index (κ1) is 13.8. The van der Waals surface area contributed by atoms with Crippen molar-refractivity contribution < 1.29 is 9.90 Å². The predicted molar refractivity (Wildman–Crippen MR) is 84.8 cm³/mol. The van der Waals surface area contributed by atoms with Crippen molar-refractivity contribution in [3.8, 4) is 11.3 Å². The molecular weight excluding hydrogens is 332 g/mol. The number of carboxylic acid groups (broad SMARTS) is 1. The first-order valence-electron chi connectivity index (χ1n) is 6.46. The summed E-state index contributed by atoms with van der Waals surface area (Å²) in [5.74, 6) is -0.992. The van der Waals surface area contributed by atoms with E-state index >= 15 is 0 Å². The Hall–Kier alpha value is -2.14. The lowest BCUT2D eigenvalue weighted by Crippen LogP contribution is -2.03. The third-order valence-electron chi connectivity index (χ3n) is 3.43. The van der Waals surface area contributed by atoms with E-state index in [0.29, 0.717) is 11.3 Å². The van der Waals surface area contributed by atoms with Gasteiger partial charge >= 0.3 is 5.97 Å². The van der Waals surface area contributed by atoms with Crippen LogP contribution in [0.3, 0.4) is 0 Å². The molecule has 3 rings (SSSR count). The van der Waals surface area contributed by atoms with E-state index < -0.39 is 5.97 Å². The second-order valence-corrected chi connectivity index (χ2v) is 5.87. The van der Waals surface area contributed by atoms with Crippen molar-refractivity contribution in [2.24, 2.45) is 0 Å². The van der Waals surface area contributed by atoms with Crippen molar-refractivity contribution in [1.29, 1.82) is 0 Å². The fourth-order valence-electron chi connectivity index (χ4n) is 2.28. The maximum absolute atomic E-state index is 11.7. The van der Waals surface area contributed by atoms with Crippen LogP contribution in [0.4, 0.5) is 0 Å². The van der Waals surface area contributed by atoms with Gasteiger partial charge in [0.25, 0.3) is 0 Å². The van der Waals surface area contributed by atoms with E-state index in [1.165, 1.54) is 0 Å². The number of imidazole rings is 1. The van der Waals surface area contributed by atoms with Gasteiger partial charge in [-0.15, -0.1) is 0 Å². The van der Waals surface area contributed by atoms with E-state index in [1.807, 2.05) is 44.2 Å². The lowest BCUT2D eigenvalue weighted by molar-refractivity contribution is 0.0690. The number of hydrogen-bond acceptors (Lipinski definition) is 2. The van der Waals surface area contributed by atoms with Crippen molar-refractivity contribution in [3.05, 3.63) is 57.8 Å². The molecule has 0 aliphatic rings. The molecule has 5 heteroatoms. The number of halogens is 1. The fraction of sp³-hybridized carbons (Fsp3) is 0.125. The Labute approximate surface area is 130 Å². The van der Waals surface area contributed by atoms with Gasteiger partial charge in [0.15, 0.2) is 5.69 Å². The normalized spacial score (nSPS) is 11.0. The minimum Gasteiger partial charge on any atom is -0.476 e. The summed E-state index contributed by atoms with van der Waals surface area (Å²) in [4.78, 5) is 16.2. The van der Waals surface area contributed by atoms with Crippen LogP contribution >= 0.6 is 15.9 Å². The van der Waals surface area contributed by atoms with Gasteiger partial charge in [-0.25, -0.2) is 9.78 Å². The molecule has 0 fully saturated rings. The van der Waals surface area contributed by atoms with Crippen molar-refractivity contribution in [1.82, 2.24) is 9.38 Å². The number of hydrogen-bond donors (Lipinski definition) is 1. The summed E-state index contributed by atoms with van der Waals surface area (Å²) in [5.41, 5.74) is 4.23. The summed E-state index contributed by atoms with van der Waals surface area (Å²) < 4.78 is 2.46. The van der Waals surface area contributed by atoms with Crippen LogP contribution in [0.15, 0.2) is 41.0 Å². The zero-order valence-corrected chi connectivity index (χ0v) is 13.2. The Morgan fingerprint density at radius 2 is 1.90 bits per heavy atom. The summed E-state index contributed by atoms with van der Waals surface area (Å²) in [6.07, 6.45) is 1.75. The minimum atomic E-state index is -0.992. The summed E-state index contributed by atoms with van der Waals surface area (Å²) in [7, 11) is 0. The van der Waals surface area contributed by atoms with E-state index in [4.69, 9.17) is 0 Å². The van der Waals surface area contributed by atoms with Crippen LogP contribution < -0.4 is 0 Å². The van der Waals surface area contributed by atoms with Gasteiger partial charge in [-0.3, -0.25) is 4.40 Å². The third-order valence-corrected chi connectivity index (χ3v) is 4.26. The Morgan fingerprint density at radius 1 is 1.24 bits per heavy atom. The topological polar surface area (TPSA) is 54.6 Å². The number of benzene rings is 1. The van der Waals surface area contributed by atoms with Gasteiger partial charge in [-0.1, -0.05) is 29.8 Å². The highest BCUT2D eigenvalue weighted by Crippen LogP contribution is 2.27. The fourth-order valence-corrected chi connectivity index (χ4v) is 2.60. The van der Waals surface area contributed by atoms with Crippen molar-refractivity contribution in [3.63, 3.8) is 0 Å². The average Bonchev–Trinajstić information content (AvgIpc) is 2.78. The Kier molecular flexibility index (Phi) is 3.29. The first-order valence-corrected chi connectivity index (χ1v) is 7.25. The number of carboxylic acids is 1. The molecule has 0 atom stereocenters. The molecule has 0 saturated carbocycles. The second-order valence-electron chi connectivity index (χ2n) is 5.01. The van der Waals surface area contributed by atoms with Gasteiger partial charge < -0.3 is 5.11 Å². The molecule has 0 spiro atoms. The van der Waals surface area contributed by atoms with Gasteiger partial charge in [0.2, 0.25) is 0 Å². The molecular formula is C16H13BrN2O2. The van der Waals surface area contributed by atoms with Crippen LogP contribution in [0.5, 0.6) is 0 Å². The van der Waals surface area contributed by atoms with E-state index in [2.05, 4.69) is 20.9 Å². The van der Waals surface area contributed by atoms with Gasteiger partial charge in [-0.05, 0) is 41.4 Å². The third kappa shape index (κ3) is 2.34. The van der Waals surface area contributed by atoms with Crippen molar-refractivity contribution in [2.75, 3.05) is 0 Å². The highest BCUT2D eigenvalue weighted by atomic mass is 79.9. The van der Waals surface area contributed by atoms with Crippen LogP contribution in [-0.2, 0) is 0 Å². The Bertz CT molecular complexity index is 851. The largest absolute Gasteiger partial charge is 0.476 e. The maximum Gasteiger partial charge on any atom is 0.355 e. The molecule has 0 saturated heterocycles. The monoisotopic (exact) mass is 344 g/mol. The van der Waals surface area contributed by atoms with Crippen molar-refractivity contribution in [2.45, 2.75) is 13.8 Å². The van der Waals surface area contributed by atoms with E-state index in [9.17, 15) is 9.90 Å².